The van der Waals surface area contributed by atoms with E-state index in [0.29, 0.717) is 12.8 Å². The number of rotatable bonds is 44. The van der Waals surface area contributed by atoms with E-state index in [2.05, 4.69) is 50.3 Å². The van der Waals surface area contributed by atoms with Crippen LogP contribution in [0.15, 0.2) is 36.5 Å². The van der Waals surface area contributed by atoms with E-state index in [1.54, 1.807) is 0 Å². The van der Waals surface area contributed by atoms with Crippen molar-refractivity contribution in [2.24, 2.45) is 5.73 Å². The van der Waals surface area contributed by atoms with Crippen molar-refractivity contribution in [2.45, 2.75) is 225 Å². The van der Waals surface area contributed by atoms with Crippen LogP contribution in [0.1, 0.15) is 219 Å². The summed E-state index contributed by atoms with van der Waals surface area (Å²) >= 11 is 0. The highest BCUT2D eigenvalue weighted by Crippen LogP contribution is 2.43. The minimum Gasteiger partial charge on any atom is -0.462 e. The van der Waals surface area contributed by atoms with Crippen molar-refractivity contribution in [3.8, 4) is 0 Å². The van der Waals surface area contributed by atoms with Gasteiger partial charge in [-0.25, -0.2) is 4.57 Å². The van der Waals surface area contributed by atoms with E-state index in [0.717, 1.165) is 38.5 Å². The van der Waals surface area contributed by atoms with Gasteiger partial charge in [-0.1, -0.05) is 198 Å². The summed E-state index contributed by atoms with van der Waals surface area (Å²) in [5, 5.41) is 0. The van der Waals surface area contributed by atoms with Gasteiger partial charge in [-0.05, 0) is 44.9 Å². The van der Waals surface area contributed by atoms with Gasteiger partial charge in [-0.3, -0.25) is 18.6 Å². The number of carbonyl (C=O) groups is 2. The molecule has 0 aliphatic heterocycles. The predicted molar refractivity (Wildman–Crippen MR) is 238 cm³/mol. The third-order valence-corrected chi connectivity index (χ3v) is 11.0. The zero-order valence-electron chi connectivity index (χ0n) is 36.8. The molecular formula is C47H88NO8P. The maximum Gasteiger partial charge on any atom is 0.472 e. The lowest BCUT2D eigenvalue weighted by atomic mass is 10.0. The van der Waals surface area contributed by atoms with Crippen LogP contribution in [0.5, 0.6) is 0 Å². The number of nitrogens with two attached hydrogens (primary N) is 1. The number of phosphoric ester groups is 1. The molecule has 9 nitrogen and oxygen atoms in total. The Balaban J connectivity index is 4.15. The summed E-state index contributed by atoms with van der Waals surface area (Å²) < 4.78 is 32.8. The topological polar surface area (TPSA) is 134 Å². The highest BCUT2D eigenvalue weighted by atomic mass is 31.2. The molecule has 0 bridgehead atoms. The predicted octanol–water partition coefficient (Wildman–Crippen LogP) is 13.7. The van der Waals surface area contributed by atoms with E-state index in [4.69, 9.17) is 24.3 Å². The number of esters is 2. The van der Waals surface area contributed by atoms with Crippen LogP contribution in [0.4, 0.5) is 0 Å². The fourth-order valence-electron chi connectivity index (χ4n) is 6.53. The zero-order chi connectivity index (χ0) is 41.8. The Kier molecular flexibility index (Phi) is 42.4. The van der Waals surface area contributed by atoms with Gasteiger partial charge in [-0.15, -0.1) is 0 Å². The number of allylic oxidation sites excluding steroid dienone is 6. The Bertz CT molecular complexity index is 1030. The Morgan fingerprint density at radius 1 is 0.526 bits per heavy atom. The average molecular weight is 826 g/mol. The summed E-state index contributed by atoms with van der Waals surface area (Å²) in [6.07, 6.45) is 49.0. The first-order chi connectivity index (χ1) is 27.8. The highest BCUT2D eigenvalue weighted by Gasteiger charge is 2.26. The number of phosphoric acid groups is 1. The molecule has 57 heavy (non-hydrogen) atoms. The average Bonchev–Trinajstić information content (AvgIpc) is 3.20. The molecular weight excluding hydrogens is 737 g/mol. The van der Waals surface area contributed by atoms with Gasteiger partial charge in [0.25, 0.3) is 0 Å². The van der Waals surface area contributed by atoms with Crippen LogP contribution in [-0.2, 0) is 32.7 Å². The SMILES string of the molecule is CCCCCCCCC=CCC=CCC=CCCCC(=O)OC[C@H](COP(=O)(O)OCCN)OC(=O)CCCCCCCCCCCCCCCCCCCCC. The minimum absolute atomic E-state index is 0.0479. The highest BCUT2D eigenvalue weighted by molar-refractivity contribution is 7.47. The maximum absolute atomic E-state index is 12.6. The molecule has 0 radical (unpaired) electrons. The Labute approximate surface area is 350 Å². The molecule has 0 aromatic heterocycles. The van der Waals surface area contributed by atoms with Gasteiger partial charge in [0.15, 0.2) is 6.10 Å². The zero-order valence-corrected chi connectivity index (χ0v) is 37.7. The lowest BCUT2D eigenvalue weighted by Gasteiger charge is -2.19. The molecule has 3 N–H and O–H groups in total. The molecule has 0 aromatic rings. The second-order valence-corrected chi connectivity index (χ2v) is 17.1. The molecule has 0 saturated carbocycles. The summed E-state index contributed by atoms with van der Waals surface area (Å²) in [5.74, 6) is -0.881. The Hall–Kier alpha value is -1.77. The van der Waals surface area contributed by atoms with Crippen molar-refractivity contribution >= 4 is 19.8 Å². The fraction of sp³-hybridized carbons (Fsp3) is 0.830. The largest absolute Gasteiger partial charge is 0.472 e. The standard InChI is InChI=1S/C47H88NO8P/c1-3-5-7-9-11-13-15-17-19-21-22-24-26-28-30-32-34-36-38-40-47(50)56-45(44-55-57(51,52)54-42-41-48)43-53-46(49)39-37-35-33-31-29-27-25-23-20-18-16-14-12-10-8-6-4-2/h18,20,25,27,31,33,45H,3-17,19,21-24,26,28-30,32,34-44,48H2,1-2H3,(H,51,52)/t45-/m1/s1. The number of unbranched alkanes of at least 4 members (excludes halogenated alkanes) is 25. The smallest absolute Gasteiger partial charge is 0.462 e. The van der Waals surface area contributed by atoms with Crippen LogP contribution in [-0.4, -0.2) is 49.3 Å². The van der Waals surface area contributed by atoms with Crippen molar-refractivity contribution in [2.75, 3.05) is 26.4 Å². The van der Waals surface area contributed by atoms with Gasteiger partial charge >= 0.3 is 19.8 Å². The molecule has 2 atom stereocenters. The van der Waals surface area contributed by atoms with E-state index >= 15 is 0 Å². The van der Waals surface area contributed by atoms with Crippen molar-refractivity contribution in [3.63, 3.8) is 0 Å². The van der Waals surface area contributed by atoms with E-state index in [9.17, 15) is 19.0 Å². The lowest BCUT2D eigenvalue weighted by molar-refractivity contribution is -0.161. The molecule has 0 aromatic carbocycles. The summed E-state index contributed by atoms with van der Waals surface area (Å²) in [5.41, 5.74) is 5.35. The van der Waals surface area contributed by atoms with Crippen LogP contribution in [0.3, 0.4) is 0 Å². The molecule has 10 heteroatoms. The summed E-state index contributed by atoms with van der Waals surface area (Å²) in [6.45, 7) is 3.70. The molecule has 0 fully saturated rings. The third kappa shape index (κ3) is 43.6. The van der Waals surface area contributed by atoms with Crippen molar-refractivity contribution < 1.29 is 37.6 Å². The molecule has 0 rings (SSSR count). The van der Waals surface area contributed by atoms with E-state index in [-0.39, 0.29) is 32.6 Å². The Morgan fingerprint density at radius 2 is 0.930 bits per heavy atom. The van der Waals surface area contributed by atoms with Crippen molar-refractivity contribution in [1.82, 2.24) is 0 Å². The van der Waals surface area contributed by atoms with Gasteiger partial charge < -0.3 is 20.1 Å². The number of hydrogen-bond acceptors (Lipinski definition) is 8. The Morgan fingerprint density at radius 3 is 1.40 bits per heavy atom. The first-order valence-electron chi connectivity index (χ1n) is 23.5. The van der Waals surface area contributed by atoms with Crippen molar-refractivity contribution in [1.29, 1.82) is 0 Å². The molecule has 1 unspecified atom stereocenters. The van der Waals surface area contributed by atoms with Gasteiger partial charge in [0.1, 0.15) is 6.61 Å². The van der Waals surface area contributed by atoms with Gasteiger partial charge in [0, 0.05) is 19.4 Å². The summed E-state index contributed by atoms with van der Waals surface area (Å²) in [4.78, 5) is 34.9. The number of hydrogen-bond donors (Lipinski definition) is 2. The number of carbonyl (C=O) groups excluding carboxylic acids is 2. The van der Waals surface area contributed by atoms with Crippen LogP contribution in [0.2, 0.25) is 0 Å². The van der Waals surface area contributed by atoms with Gasteiger partial charge in [0.2, 0.25) is 0 Å². The first-order valence-corrected chi connectivity index (χ1v) is 25.0. The third-order valence-electron chi connectivity index (χ3n) is 10.0. The second kappa shape index (κ2) is 43.8. The van der Waals surface area contributed by atoms with Gasteiger partial charge in [-0.2, -0.15) is 0 Å². The van der Waals surface area contributed by atoms with E-state index in [1.807, 2.05) is 0 Å². The van der Waals surface area contributed by atoms with E-state index in [1.165, 1.54) is 141 Å². The fourth-order valence-corrected chi connectivity index (χ4v) is 7.30. The van der Waals surface area contributed by atoms with Crippen LogP contribution >= 0.6 is 7.82 Å². The second-order valence-electron chi connectivity index (χ2n) is 15.6. The monoisotopic (exact) mass is 826 g/mol. The molecule has 0 aliphatic rings. The summed E-state index contributed by atoms with van der Waals surface area (Å²) in [7, 11) is -4.39. The normalized spacial score (nSPS) is 13.5. The van der Waals surface area contributed by atoms with Crippen LogP contribution in [0.25, 0.3) is 0 Å². The number of ether oxygens (including phenoxy) is 2. The van der Waals surface area contributed by atoms with Crippen LogP contribution < -0.4 is 5.73 Å². The van der Waals surface area contributed by atoms with E-state index < -0.39 is 32.5 Å². The molecule has 0 amide bonds. The lowest BCUT2D eigenvalue weighted by Crippen LogP contribution is -2.29. The van der Waals surface area contributed by atoms with Gasteiger partial charge in [0.05, 0.1) is 13.2 Å². The molecule has 0 heterocycles. The van der Waals surface area contributed by atoms with Crippen LogP contribution in [0, 0.1) is 0 Å². The van der Waals surface area contributed by atoms with Crippen molar-refractivity contribution in [3.05, 3.63) is 36.5 Å². The quantitative estimate of drug-likeness (QED) is 0.0266. The molecule has 0 spiro atoms. The maximum atomic E-state index is 12.6. The first kappa shape index (κ1) is 55.2. The molecule has 0 saturated heterocycles. The summed E-state index contributed by atoms with van der Waals surface area (Å²) in [6, 6.07) is 0. The molecule has 0 aliphatic carbocycles. The minimum atomic E-state index is -4.39. The molecule has 334 valence electrons.